The van der Waals surface area contributed by atoms with Gasteiger partial charge in [0.25, 0.3) is 0 Å². The Morgan fingerprint density at radius 2 is 2.12 bits per heavy atom. The van der Waals surface area contributed by atoms with Crippen molar-refractivity contribution in [2.45, 2.75) is 0 Å². The van der Waals surface area contributed by atoms with Crippen LogP contribution in [-0.4, -0.2) is 17.4 Å². The number of anilines is 1. The molecule has 86 valence electrons. The molecular formula is C8H5ClFN2NaO4. The van der Waals surface area contributed by atoms with Crippen LogP contribution in [0.25, 0.3) is 0 Å². The Kier molecular flexibility index (Phi) is 6.40. The predicted octanol–water partition coefficient (Wildman–Crippen LogP) is -2.45. The number of halogens is 2. The second kappa shape index (κ2) is 6.75. The number of carboxylic acids is 1. The molecule has 1 aromatic carbocycles. The number of carbonyl (C=O) groups excluding carboxylic acids is 1. The van der Waals surface area contributed by atoms with Gasteiger partial charge in [-0.1, -0.05) is 11.6 Å². The third-order valence-corrected chi connectivity index (χ3v) is 1.97. The number of carboxylic acid groups (broad SMARTS) is 1. The van der Waals surface area contributed by atoms with E-state index in [1.807, 2.05) is 0 Å². The molecule has 1 N–H and O–H groups in total. The van der Waals surface area contributed by atoms with Crippen LogP contribution in [-0.2, 0) is 4.79 Å². The molecule has 0 aromatic heterocycles. The van der Waals surface area contributed by atoms with Gasteiger partial charge in [-0.3, -0.25) is 10.1 Å². The topological polar surface area (TPSA) is 95.3 Å². The molecular weight excluding hydrogens is 266 g/mol. The molecule has 0 aliphatic rings. The fourth-order valence-electron chi connectivity index (χ4n) is 0.979. The third-order valence-electron chi connectivity index (χ3n) is 1.66. The molecule has 0 saturated carbocycles. The van der Waals surface area contributed by atoms with Crippen LogP contribution in [0.5, 0.6) is 0 Å². The summed E-state index contributed by atoms with van der Waals surface area (Å²) in [5.41, 5.74) is -0.821. The zero-order valence-electron chi connectivity index (χ0n) is 8.70. The SMILES string of the molecule is O=C([O-])CNc1cc(F)c([N+](=O)[O-])cc1Cl.[Na+]. The fourth-order valence-corrected chi connectivity index (χ4v) is 1.20. The minimum atomic E-state index is -1.41. The van der Waals surface area contributed by atoms with E-state index in [0.29, 0.717) is 0 Å². The van der Waals surface area contributed by atoms with Crippen LogP contribution >= 0.6 is 11.6 Å². The molecule has 0 radical (unpaired) electrons. The molecule has 0 aliphatic carbocycles. The van der Waals surface area contributed by atoms with Crippen molar-refractivity contribution < 1.29 is 48.8 Å². The van der Waals surface area contributed by atoms with Crippen molar-refractivity contribution in [3.05, 3.63) is 33.1 Å². The van der Waals surface area contributed by atoms with Gasteiger partial charge in [-0.25, -0.2) is 0 Å². The molecule has 17 heavy (non-hydrogen) atoms. The molecule has 0 amide bonds. The molecule has 1 aromatic rings. The number of carbonyl (C=O) groups is 1. The zero-order valence-corrected chi connectivity index (χ0v) is 11.5. The summed E-state index contributed by atoms with van der Waals surface area (Å²) in [5, 5.41) is 22.6. The normalized spacial score (nSPS) is 9.29. The van der Waals surface area contributed by atoms with E-state index >= 15 is 0 Å². The van der Waals surface area contributed by atoms with Crippen LogP contribution in [0.3, 0.4) is 0 Å². The van der Waals surface area contributed by atoms with E-state index in [0.717, 1.165) is 12.1 Å². The largest absolute Gasteiger partial charge is 1.00 e. The van der Waals surface area contributed by atoms with Crippen LogP contribution in [0.1, 0.15) is 0 Å². The van der Waals surface area contributed by atoms with Crippen molar-refractivity contribution in [3.63, 3.8) is 0 Å². The van der Waals surface area contributed by atoms with Crippen molar-refractivity contribution in [2.24, 2.45) is 0 Å². The van der Waals surface area contributed by atoms with Crippen LogP contribution in [0, 0.1) is 15.9 Å². The molecule has 6 nitrogen and oxygen atoms in total. The maximum Gasteiger partial charge on any atom is 1.00 e. The summed E-state index contributed by atoms with van der Waals surface area (Å²) < 4.78 is 13.1. The van der Waals surface area contributed by atoms with Gasteiger partial charge < -0.3 is 15.2 Å². The van der Waals surface area contributed by atoms with Crippen molar-refractivity contribution in [1.29, 1.82) is 0 Å². The number of benzene rings is 1. The van der Waals surface area contributed by atoms with Crippen molar-refractivity contribution in [2.75, 3.05) is 11.9 Å². The zero-order chi connectivity index (χ0) is 12.3. The maximum absolute atomic E-state index is 13.1. The fraction of sp³-hybridized carbons (Fsp3) is 0.125. The predicted molar refractivity (Wildman–Crippen MR) is 51.6 cm³/mol. The molecule has 1 rings (SSSR count). The molecule has 0 atom stereocenters. The number of nitrogens with zero attached hydrogens (tertiary/aromatic N) is 1. The van der Waals surface area contributed by atoms with E-state index in [4.69, 9.17) is 11.6 Å². The Balaban J connectivity index is 0.00000256. The first-order valence-electron chi connectivity index (χ1n) is 3.99. The Labute approximate surface area is 122 Å². The van der Waals surface area contributed by atoms with Crippen LogP contribution in [0.4, 0.5) is 15.8 Å². The van der Waals surface area contributed by atoms with Gasteiger partial charge in [0.2, 0.25) is 5.82 Å². The van der Waals surface area contributed by atoms with Crippen molar-refractivity contribution in [1.82, 2.24) is 0 Å². The summed E-state index contributed by atoms with van der Waals surface area (Å²) >= 11 is 5.58. The van der Waals surface area contributed by atoms with Crippen molar-refractivity contribution >= 4 is 28.9 Å². The molecule has 0 fully saturated rings. The number of nitro benzene ring substituents is 1. The first kappa shape index (κ1) is 16.1. The molecule has 0 aliphatic heterocycles. The van der Waals surface area contributed by atoms with Gasteiger partial charge in [0, 0.05) is 12.1 Å². The van der Waals surface area contributed by atoms with Crippen LogP contribution in [0.2, 0.25) is 5.02 Å². The van der Waals surface area contributed by atoms with Gasteiger partial charge in [0.15, 0.2) is 0 Å². The summed E-state index contributed by atoms with van der Waals surface area (Å²) in [5.74, 6) is -2.51. The Morgan fingerprint density at radius 3 is 2.59 bits per heavy atom. The number of rotatable bonds is 4. The Bertz CT molecular complexity index is 457. The summed E-state index contributed by atoms with van der Waals surface area (Å²) in [6, 6.07) is 1.55. The number of hydrogen-bond acceptors (Lipinski definition) is 5. The first-order valence-corrected chi connectivity index (χ1v) is 4.36. The average molecular weight is 271 g/mol. The van der Waals surface area contributed by atoms with E-state index in [1.165, 1.54) is 0 Å². The van der Waals surface area contributed by atoms with Gasteiger partial charge in [-0.2, -0.15) is 4.39 Å². The smallest absolute Gasteiger partial charge is 0.548 e. The van der Waals surface area contributed by atoms with Gasteiger partial charge in [0.1, 0.15) is 0 Å². The second-order valence-electron chi connectivity index (χ2n) is 2.77. The van der Waals surface area contributed by atoms with E-state index in [2.05, 4.69) is 5.32 Å². The summed E-state index contributed by atoms with van der Waals surface area (Å²) in [6.45, 7) is -0.572. The van der Waals surface area contributed by atoms with Gasteiger partial charge in [-0.05, 0) is 0 Å². The minimum Gasteiger partial charge on any atom is -0.548 e. The Morgan fingerprint density at radius 1 is 1.53 bits per heavy atom. The van der Waals surface area contributed by atoms with Gasteiger partial charge >= 0.3 is 35.2 Å². The summed E-state index contributed by atoms with van der Waals surface area (Å²) in [4.78, 5) is 19.5. The van der Waals surface area contributed by atoms with E-state index in [-0.39, 0.29) is 40.3 Å². The quantitative estimate of drug-likeness (QED) is 0.372. The maximum atomic E-state index is 13.1. The third kappa shape index (κ3) is 4.47. The monoisotopic (exact) mass is 270 g/mol. The van der Waals surface area contributed by atoms with Crippen LogP contribution < -0.4 is 40.0 Å². The summed E-state index contributed by atoms with van der Waals surface area (Å²) in [7, 11) is 0. The molecule has 0 bridgehead atoms. The number of nitrogens with one attached hydrogen (secondary N) is 1. The van der Waals surface area contributed by atoms with Gasteiger partial charge in [-0.15, -0.1) is 0 Å². The minimum absolute atomic E-state index is 0. The van der Waals surface area contributed by atoms with E-state index < -0.39 is 28.9 Å². The number of nitro groups is 1. The first-order chi connectivity index (χ1) is 7.41. The molecule has 0 saturated heterocycles. The standard InChI is InChI=1S/C8H6ClFN2O4.Na/c9-4-1-7(12(15)16)5(10)2-6(4)11-3-8(13)14;/h1-2,11H,3H2,(H,13,14);/q;+1/p-1. The summed E-state index contributed by atoms with van der Waals surface area (Å²) in [6.07, 6.45) is 0. The molecule has 9 heteroatoms. The molecule has 0 unspecified atom stereocenters. The van der Waals surface area contributed by atoms with Crippen molar-refractivity contribution in [3.8, 4) is 0 Å². The van der Waals surface area contributed by atoms with E-state index in [1.54, 1.807) is 0 Å². The van der Waals surface area contributed by atoms with Crippen LogP contribution in [0.15, 0.2) is 12.1 Å². The Hall–Kier alpha value is -0.890. The molecule has 0 heterocycles. The second-order valence-corrected chi connectivity index (χ2v) is 3.17. The van der Waals surface area contributed by atoms with Gasteiger partial charge in [0.05, 0.1) is 28.1 Å². The number of hydrogen-bond donors (Lipinski definition) is 1. The average Bonchev–Trinajstić information content (AvgIpc) is 2.18. The van der Waals surface area contributed by atoms with E-state index in [9.17, 15) is 24.4 Å². The number of aliphatic carboxylic acids is 1. The molecule has 0 spiro atoms.